The highest BCUT2D eigenvalue weighted by Crippen LogP contribution is 2.19. The van der Waals surface area contributed by atoms with Gasteiger partial charge in [0.1, 0.15) is 5.69 Å². The summed E-state index contributed by atoms with van der Waals surface area (Å²) in [4.78, 5) is 12.3. The number of aromatic nitrogens is 1. The summed E-state index contributed by atoms with van der Waals surface area (Å²) >= 11 is 6.81. The van der Waals surface area contributed by atoms with Gasteiger partial charge >= 0.3 is 0 Å². The highest BCUT2D eigenvalue weighted by molar-refractivity contribution is 9.10. The molecule has 0 aliphatic rings. The van der Waals surface area contributed by atoms with Gasteiger partial charge in [-0.1, -0.05) is 28.1 Å². The van der Waals surface area contributed by atoms with Crippen molar-refractivity contribution in [2.24, 2.45) is 0 Å². The second-order valence-corrected chi connectivity index (χ2v) is 6.41. The first kappa shape index (κ1) is 15.3. The Kier molecular flexibility index (Phi) is 5.05. The molecule has 0 saturated carbocycles. The second kappa shape index (κ2) is 6.59. The van der Waals surface area contributed by atoms with Crippen molar-refractivity contribution in [3.05, 3.63) is 56.7 Å². The molecule has 0 aliphatic heterocycles. The maximum absolute atomic E-state index is 12.3. The highest BCUT2D eigenvalue weighted by Gasteiger charge is 2.15. The molecule has 20 heavy (non-hydrogen) atoms. The standard InChI is InChI=1S/C15H16Br2N2O/c1-3-19-9-13(17)8-14(19)15(20)18-10(2)11-4-6-12(16)7-5-11/h4-10H,3H2,1-2H3,(H,18,20)/t10-/m0/s1. The fourth-order valence-corrected chi connectivity index (χ4v) is 2.76. The first-order valence-electron chi connectivity index (χ1n) is 6.43. The van der Waals surface area contributed by atoms with Gasteiger partial charge in [0.15, 0.2) is 0 Å². The number of carbonyl (C=O) groups is 1. The molecule has 106 valence electrons. The van der Waals surface area contributed by atoms with Crippen LogP contribution in [0.2, 0.25) is 0 Å². The molecule has 0 spiro atoms. The second-order valence-electron chi connectivity index (χ2n) is 4.58. The SMILES string of the molecule is CCn1cc(Br)cc1C(=O)N[C@@H](C)c1ccc(Br)cc1. The van der Waals surface area contributed by atoms with Gasteiger partial charge in [-0.2, -0.15) is 0 Å². The summed E-state index contributed by atoms with van der Waals surface area (Å²) in [5.74, 6) is -0.0621. The van der Waals surface area contributed by atoms with Crippen LogP contribution in [0.3, 0.4) is 0 Å². The van der Waals surface area contributed by atoms with Crippen LogP contribution >= 0.6 is 31.9 Å². The van der Waals surface area contributed by atoms with Crippen molar-refractivity contribution in [2.75, 3.05) is 0 Å². The van der Waals surface area contributed by atoms with E-state index in [-0.39, 0.29) is 11.9 Å². The molecule has 1 amide bonds. The van der Waals surface area contributed by atoms with Crippen LogP contribution in [0.25, 0.3) is 0 Å². The smallest absolute Gasteiger partial charge is 0.268 e. The normalized spacial score (nSPS) is 12.2. The van der Waals surface area contributed by atoms with Crippen molar-refractivity contribution in [3.8, 4) is 0 Å². The van der Waals surface area contributed by atoms with Crippen molar-refractivity contribution in [2.45, 2.75) is 26.4 Å². The Labute approximate surface area is 135 Å². The molecule has 0 aliphatic carbocycles. The average Bonchev–Trinajstić information content (AvgIpc) is 2.80. The molecule has 1 atom stereocenters. The van der Waals surface area contributed by atoms with E-state index >= 15 is 0 Å². The van der Waals surface area contributed by atoms with E-state index in [0.717, 1.165) is 21.1 Å². The van der Waals surface area contributed by atoms with Gasteiger partial charge in [-0.05, 0) is 53.5 Å². The zero-order valence-corrected chi connectivity index (χ0v) is 14.5. The fraction of sp³-hybridized carbons (Fsp3) is 0.267. The van der Waals surface area contributed by atoms with Crippen LogP contribution in [-0.2, 0) is 6.54 Å². The molecule has 0 saturated heterocycles. The van der Waals surface area contributed by atoms with Crippen LogP contribution in [0, 0.1) is 0 Å². The summed E-state index contributed by atoms with van der Waals surface area (Å²) in [6.45, 7) is 4.76. The number of halogens is 2. The third-order valence-electron chi connectivity index (χ3n) is 3.15. The predicted octanol–water partition coefficient (Wildman–Crippen LogP) is 4.52. The van der Waals surface area contributed by atoms with E-state index in [1.165, 1.54) is 0 Å². The number of hydrogen-bond acceptors (Lipinski definition) is 1. The van der Waals surface area contributed by atoms with Gasteiger partial charge in [0, 0.05) is 21.7 Å². The maximum Gasteiger partial charge on any atom is 0.268 e. The Hall–Kier alpha value is -1.07. The molecule has 0 unspecified atom stereocenters. The van der Waals surface area contributed by atoms with E-state index in [2.05, 4.69) is 37.2 Å². The molecule has 0 radical (unpaired) electrons. The van der Waals surface area contributed by atoms with Crippen molar-refractivity contribution in [1.82, 2.24) is 9.88 Å². The number of benzene rings is 1. The zero-order valence-electron chi connectivity index (χ0n) is 11.4. The first-order valence-corrected chi connectivity index (χ1v) is 8.02. The average molecular weight is 400 g/mol. The Balaban J connectivity index is 2.12. The molecule has 0 fully saturated rings. The lowest BCUT2D eigenvalue weighted by Gasteiger charge is -2.15. The lowest BCUT2D eigenvalue weighted by molar-refractivity contribution is 0.0930. The van der Waals surface area contributed by atoms with Gasteiger partial charge < -0.3 is 9.88 Å². The van der Waals surface area contributed by atoms with Crippen LogP contribution < -0.4 is 5.32 Å². The number of nitrogens with zero attached hydrogens (tertiary/aromatic N) is 1. The number of amides is 1. The quantitative estimate of drug-likeness (QED) is 0.805. The number of aryl methyl sites for hydroxylation is 1. The van der Waals surface area contributed by atoms with E-state index in [1.807, 2.05) is 54.9 Å². The van der Waals surface area contributed by atoms with E-state index in [0.29, 0.717) is 5.69 Å². The molecule has 2 rings (SSSR count). The highest BCUT2D eigenvalue weighted by atomic mass is 79.9. The largest absolute Gasteiger partial charge is 0.344 e. The van der Waals surface area contributed by atoms with E-state index in [4.69, 9.17) is 0 Å². The molecule has 1 heterocycles. The summed E-state index contributed by atoms with van der Waals surface area (Å²) < 4.78 is 3.87. The van der Waals surface area contributed by atoms with E-state index in [1.54, 1.807) is 0 Å². The Morgan fingerprint density at radius 3 is 2.50 bits per heavy atom. The number of carbonyl (C=O) groups excluding carboxylic acids is 1. The minimum Gasteiger partial charge on any atom is -0.344 e. The van der Waals surface area contributed by atoms with Crippen LogP contribution in [0.5, 0.6) is 0 Å². The maximum atomic E-state index is 12.3. The predicted molar refractivity (Wildman–Crippen MR) is 87.8 cm³/mol. The van der Waals surface area contributed by atoms with Gasteiger partial charge in [0.2, 0.25) is 0 Å². The molecule has 2 aromatic rings. The fourth-order valence-electron chi connectivity index (χ4n) is 2.03. The van der Waals surface area contributed by atoms with Crippen LogP contribution in [0.4, 0.5) is 0 Å². The molecular formula is C15H16Br2N2O. The Bertz CT molecular complexity index is 605. The summed E-state index contributed by atoms with van der Waals surface area (Å²) in [6, 6.07) is 9.77. The van der Waals surface area contributed by atoms with Crippen molar-refractivity contribution >= 4 is 37.8 Å². The zero-order chi connectivity index (χ0) is 14.7. The number of hydrogen-bond donors (Lipinski definition) is 1. The summed E-state index contributed by atoms with van der Waals surface area (Å²) in [6.07, 6.45) is 1.92. The van der Waals surface area contributed by atoms with Gasteiger partial charge in [-0.25, -0.2) is 0 Å². The number of rotatable bonds is 4. The van der Waals surface area contributed by atoms with E-state index < -0.39 is 0 Å². The van der Waals surface area contributed by atoms with Crippen LogP contribution in [0.15, 0.2) is 45.5 Å². The molecule has 0 bridgehead atoms. The molecular weight excluding hydrogens is 384 g/mol. The van der Waals surface area contributed by atoms with Crippen LogP contribution in [0.1, 0.15) is 35.9 Å². The van der Waals surface area contributed by atoms with Crippen molar-refractivity contribution < 1.29 is 4.79 Å². The summed E-state index contributed by atoms with van der Waals surface area (Å²) in [5.41, 5.74) is 1.75. The third kappa shape index (κ3) is 3.52. The topological polar surface area (TPSA) is 34.0 Å². The molecule has 1 aromatic carbocycles. The third-order valence-corrected chi connectivity index (χ3v) is 4.12. The molecule has 1 N–H and O–H groups in total. The lowest BCUT2D eigenvalue weighted by atomic mass is 10.1. The van der Waals surface area contributed by atoms with Crippen molar-refractivity contribution in [3.63, 3.8) is 0 Å². The van der Waals surface area contributed by atoms with Crippen LogP contribution in [-0.4, -0.2) is 10.5 Å². The molecule has 5 heteroatoms. The van der Waals surface area contributed by atoms with Crippen molar-refractivity contribution in [1.29, 1.82) is 0 Å². The van der Waals surface area contributed by atoms with Gasteiger partial charge in [-0.15, -0.1) is 0 Å². The Morgan fingerprint density at radius 1 is 1.25 bits per heavy atom. The Morgan fingerprint density at radius 2 is 1.90 bits per heavy atom. The first-order chi connectivity index (χ1) is 9.51. The van der Waals surface area contributed by atoms with Gasteiger partial charge in [0.05, 0.1) is 6.04 Å². The van der Waals surface area contributed by atoms with Gasteiger partial charge in [-0.3, -0.25) is 4.79 Å². The molecule has 3 nitrogen and oxygen atoms in total. The molecule has 1 aromatic heterocycles. The lowest BCUT2D eigenvalue weighted by Crippen LogP contribution is -2.28. The van der Waals surface area contributed by atoms with E-state index in [9.17, 15) is 4.79 Å². The summed E-state index contributed by atoms with van der Waals surface area (Å²) in [7, 11) is 0. The summed E-state index contributed by atoms with van der Waals surface area (Å²) in [5, 5.41) is 3.02. The van der Waals surface area contributed by atoms with Gasteiger partial charge in [0.25, 0.3) is 5.91 Å². The monoisotopic (exact) mass is 398 g/mol. The minimum absolute atomic E-state index is 0.0328. The minimum atomic E-state index is -0.0621. The number of nitrogens with one attached hydrogen (secondary N) is 1.